The lowest BCUT2D eigenvalue weighted by Crippen LogP contribution is -2.07. The number of rotatable bonds is 5. The predicted octanol–water partition coefficient (Wildman–Crippen LogP) is 3.70. The third-order valence-electron chi connectivity index (χ3n) is 2.08. The van der Waals surface area contributed by atoms with Crippen LogP contribution in [0.2, 0.25) is 0 Å². The molecule has 0 aliphatic heterocycles. The van der Waals surface area contributed by atoms with Crippen molar-refractivity contribution in [3.8, 4) is 0 Å². The lowest BCUT2D eigenvalue weighted by Gasteiger charge is -2.06. The molecule has 1 nitrogen and oxygen atoms in total. The van der Waals surface area contributed by atoms with Crippen molar-refractivity contribution in [1.82, 2.24) is 0 Å². The van der Waals surface area contributed by atoms with E-state index in [4.69, 9.17) is 5.73 Å². The number of allylic oxidation sites excluding steroid dienone is 1. The van der Waals surface area contributed by atoms with E-state index >= 15 is 0 Å². The average molecular weight is 232 g/mol. The molecule has 0 amide bonds. The first-order valence-corrected chi connectivity index (χ1v) is 5.54. The van der Waals surface area contributed by atoms with Gasteiger partial charge in [-0.15, -0.1) is 30.3 Å². The van der Waals surface area contributed by atoms with Crippen molar-refractivity contribution >= 4 is 23.7 Å². The van der Waals surface area contributed by atoms with E-state index in [1.165, 1.54) is 9.75 Å². The molecule has 0 unspecified atom stereocenters. The summed E-state index contributed by atoms with van der Waals surface area (Å²) >= 11 is 1.83. The Hall–Kier alpha value is -0.310. The fourth-order valence-electron chi connectivity index (χ4n) is 1.22. The van der Waals surface area contributed by atoms with Crippen LogP contribution in [0, 0.1) is 0 Å². The standard InChI is InChI=1S/C11H17NS.ClH/c1-3-5-6-10(12)11-8-7-9(4-2)13-11;/h3,7-8,10H,1,4-6,12H2,2H3;1H/t10-;/m1./s1. The fourth-order valence-corrected chi connectivity index (χ4v) is 2.21. The van der Waals surface area contributed by atoms with Crippen molar-refractivity contribution in [3.05, 3.63) is 34.5 Å². The van der Waals surface area contributed by atoms with E-state index in [0.29, 0.717) is 0 Å². The summed E-state index contributed by atoms with van der Waals surface area (Å²) in [6.07, 6.45) is 5.04. The van der Waals surface area contributed by atoms with E-state index in [2.05, 4.69) is 25.6 Å². The van der Waals surface area contributed by atoms with Gasteiger partial charge in [0.25, 0.3) is 0 Å². The summed E-state index contributed by atoms with van der Waals surface area (Å²) in [7, 11) is 0. The highest BCUT2D eigenvalue weighted by Gasteiger charge is 2.07. The molecule has 0 radical (unpaired) electrons. The summed E-state index contributed by atoms with van der Waals surface area (Å²) in [5, 5.41) is 0. The molecule has 1 heterocycles. The summed E-state index contributed by atoms with van der Waals surface area (Å²) in [5.74, 6) is 0. The normalized spacial score (nSPS) is 11.9. The van der Waals surface area contributed by atoms with Gasteiger partial charge in [0.1, 0.15) is 0 Å². The van der Waals surface area contributed by atoms with Gasteiger partial charge >= 0.3 is 0 Å². The quantitative estimate of drug-likeness (QED) is 0.769. The highest BCUT2D eigenvalue weighted by Crippen LogP contribution is 2.24. The second-order valence-electron chi connectivity index (χ2n) is 3.13. The summed E-state index contributed by atoms with van der Waals surface area (Å²) in [6.45, 7) is 5.87. The van der Waals surface area contributed by atoms with Gasteiger partial charge in [-0.05, 0) is 31.4 Å². The highest BCUT2D eigenvalue weighted by molar-refractivity contribution is 7.12. The van der Waals surface area contributed by atoms with Gasteiger partial charge in [0.05, 0.1) is 0 Å². The number of nitrogens with two attached hydrogens (primary N) is 1. The van der Waals surface area contributed by atoms with Crippen LogP contribution in [0.1, 0.15) is 35.6 Å². The topological polar surface area (TPSA) is 26.0 Å². The molecule has 1 aromatic rings. The molecule has 1 rings (SSSR count). The van der Waals surface area contributed by atoms with Crippen LogP contribution in [0.25, 0.3) is 0 Å². The molecule has 1 aromatic heterocycles. The minimum atomic E-state index is 0. The summed E-state index contributed by atoms with van der Waals surface area (Å²) in [4.78, 5) is 2.72. The van der Waals surface area contributed by atoms with Crippen LogP contribution in [0.3, 0.4) is 0 Å². The van der Waals surface area contributed by atoms with Gasteiger partial charge in [-0.1, -0.05) is 13.0 Å². The van der Waals surface area contributed by atoms with Crippen molar-refractivity contribution in [2.75, 3.05) is 0 Å². The predicted molar refractivity (Wildman–Crippen MR) is 67.3 cm³/mol. The van der Waals surface area contributed by atoms with Gasteiger partial charge in [-0.2, -0.15) is 0 Å². The number of hydrogen-bond donors (Lipinski definition) is 1. The first kappa shape index (κ1) is 13.7. The number of hydrogen-bond acceptors (Lipinski definition) is 2. The molecule has 0 aliphatic carbocycles. The third-order valence-corrected chi connectivity index (χ3v) is 3.44. The van der Waals surface area contributed by atoms with Crippen molar-refractivity contribution in [2.24, 2.45) is 5.73 Å². The molecule has 0 bridgehead atoms. The van der Waals surface area contributed by atoms with Crippen LogP contribution in [0.4, 0.5) is 0 Å². The van der Waals surface area contributed by atoms with Crippen molar-refractivity contribution in [1.29, 1.82) is 0 Å². The molecule has 14 heavy (non-hydrogen) atoms. The molecule has 0 saturated heterocycles. The van der Waals surface area contributed by atoms with Crippen LogP contribution in [0.15, 0.2) is 24.8 Å². The molecule has 1 atom stereocenters. The molecule has 2 N–H and O–H groups in total. The van der Waals surface area contributed by atoms with Crippen LogP contribution in [-0.2, 0) is 6.42 Å². The average Bonchev–Trinajstić information content (AvgIpc) is 2.62. The van der Waals surface area contributed by atoms with E-state index in [-0.39, 0.29) is 18.4 Å². The Morgan fingerprint density at radius 3 is 2.79 bits per heavy atom. The molecule has 0 aromatic carbocycles. The molecule has 0 aliphatic rings. The Morgan fingerprint density at radius 1 is 1.57 bits per heavy atom. The summed E-state index contributed by atoms with van der Waals surface area (Å²) in [5.41, 5.74) is 6.01. The van der Waals surface area contributed by atoms with Crippen molar-refractivity contribution in [2.45, 2.75) is 32.2 Å². The fraction of sp³-hybridized carbons (Fsp3) is 0.455. The number of halogens is 1. The minimum Gasteiger partial charge on any atom is -0.323 e. The number of thiophene rings is 1. The van der Waals surface area contributed by atoms with Crippen LogP contribution < -0.4 is 5.73 Å². The van der Waals surface area contributed by atoms with Crippen LogP contribution in [-0.4, -0.2) is 0 Å². The van der Waals surface area contributed by atoms with Gasteiger partial charge in [-0.25, -0.2) is 0 Å². The maximum atomic E-state index is 6.01. The zero-order valence-electron chi connectivity index (χ0n) is 8.53. The lowest BCUT2D eigenvalue weighted by molar-refractivity contribution is 0.673. The summed E-state index contributed by atoms with van der Waals surface area (Å²) in [6, 6.07) is 4.52. The SMILES string of the molecule is C=CCC[C@@H](N)c1ccc(CC)s1.Cl. The van der Waals surface area contributed by atoms with E-state index in [1.54, 1.807) is 0 Å². The van der Waals surface area contributed by atoms with Crippen LogP contribution in [0.5, 0.6) is 0 Å². The van der Waals surface area contributed by atoms with Gasteiger partial charge in [0.15, 0.2) is 0 Å². The van der Waals surface area contributed by atoms with E-state index < -0.39 is 0 Å². The van der Waals surface area contributed by atoms with E-state index in [9.17, 15) is 0 Å². The van der Waals surface area contributed by atoms with Gasteiger partial charge < -0.3 is 5.73 Å². The Balaban J connectivity index is 0.00000169. The number of aryl methyl sites for hydroxylation is 1. The first-order valence-electron chi connectivity index (χ1n) is 4.73. The zero-order chi connectivity index (χ0) is 9.68. The third kappa shape index (κ3) is 3.82. The van der Waals surface area contributed by atoms with Gasteiger partial charge in [0, 0.05) is 15.8 Å². The zero-order valence-corrected chi connectivity index (χ0v) is 10.2. The Bertz CT molecular complexity index is 270. The smallest absolute Gasteiger partial charge is 0.0392 e. The monoisotopic (exact) mass is 231 g/mol. The second-order valence-corrected chi connectivity index (χ2v) is 4.33. The maximum Gasteiger partial charge on any atom is 0.0392 e. The van der Waals surface area contributed by atoms with Crippen LogP contribution >= 0.6 is 23.7 Å². The van der Waals surface area contributed by atoms with Gasteiger partial charge in [-0.3, -0.25) is 0 Å². The van der Waals surface area contributed by atoms with E-state index in [1.807, 2.05) is 17.4 Å². The van der Waals surface area contributed by atoms with Crippen molar-refractivity contribution < 1.29 is 0 Å². The first-order chi connectivity index (χ1) is 6.27. The molecule has 0 fully saturated rings. The Labute approximate surface area is 96.4 Å². The molecular formula is C11H18ClNS. The lowest BCUT2D eigenvalue weighted by atomic mass is 10.1. The maximum absolute atomic E-state index is 6.01. The van der Waals surface area contributed by atoms with E-state index in [0.717, 1.165) is 19.3 Å². The largest absolute Gasteiger partial charge is 0.323 e. The van der Waals surface area contributed by atoms with Gasteiger partial charge in [0.2, 0.25) is 0 Å². The molecule has 3 heteroatoms. The van der Waals surface area contributed by atoms with Crippen molar-refractivity contribution in [3.63, 3.8) is 0 Å². The highest BCUT2D eigenvalue weighted by atomic mass is 35.5. The molecular weight excluding hydrogens is 214 g/mol. The molecule has 0 saturated carbocycles. The minimum absolute atomic E-state index is 0. The molecule has 0 spiro atoms. The summed E-state index contributed by atoms with van der Waals surface area (Å²) < 4.78 is 0. The molecule has 80 valence electrons. The Kier molecular flexibility index (Phi) is 6.89. The Morgan fingerprint density at radius 2 is 2.29 bits per heavy atom. The second kappa shape index (κ2) is 7.04.